The largest absolute Gasteiger partial charge is 0.399 e. The van der Waals surface area contributed by atoms with Gasteiger partial charge >= 0.3 is 0 Å². The molecule has 1 aromatic carbocycles. The molecule has 1 aromatic rings. The van der Waals surface area contributed by atoms with E-state index < -0.39 is 15.8 Å². The van der Waals surface area contributed by atoms with E-state index in [9.17, 15) is 12.8 Å². The molecule has 0 bridgehead atoms. The van der Waals surface area contributed by atoms with Crippen LogP contribution in [0.4, 0.5) is 10.1 Å². The van der Waals surface area contributed by atoms with Gasteiger partial charge in [-0.05, 0) is 25.1 Å². The maximum atomic E-state index is 13.7. The Morgan fingerprint density at radius 3 is 2.89 bits per heavy atom. The summed E-state index contributed by atoms with van der Waals surface area (Å²) >= 11 is 1.70. The summed E-state index contributed by atoms with van der Waals surface area (Å²) in [6.07, 6.45) is 0. The van der Waals surface area contributed by atoms with E-state index in [0.29, 0.717) is 6.54 Å². The lowest BCUT2D eigenvalue weighted by molar-refractivity contribution is 0.365. The van der Waals surface area contributed by atoms with E-state index in [4.69, 9.17) is 5.73 Å². The lowest BCUT2D eigenvalue weighted by atomic mass is 10.3. The summed E-state index contributed by atoms with van der Waals surface area (Å²) < 4.78 is 39.8. The van der Waals surface area contributed by atoms with Crippen LogP contribution in [0.2, 0.25) is 0 Å². The van der Waals surface area contributed by atoms with Gasteiger partial charge in [0.2, 0.25) is 10.0 Å². The smallest absolute Gasteiger partial charge is 0.246 e. The number of nitrogen functional groups attached to an aromatic ring is 1. The number of anilines is 1. The molecule has 1 fully saturated rings. The summed E-state index contributed by atoms with van der Waals surface area (Å²) in [5, 5.41) is 0. The standard InChI is InChI=1S/C11H15FN2O2S2/c1-8-7-17-5-4-14(8)18(15,16)11-6-9(13)2-3-10(11)12/h2-3,6,8H,4-5,7,13H2,1H3. The third-order valence-electron chi connectivity index (χ3n) is 2.85. The molecule has 1 aliphatic heterocycles. The quantitative estimate of drug-likeness (QED) is 0.839. The predicted octanol–water partition coefficient (Wildman–Crippen LogP) is 1.53. The topological polar surface area (TPSA) is 63.4 Å². The molecule has 0 saturated carbocycles. The number of halogens is 1. The maximum Gasteiger partial charge on any atom is 0.246 e. The van der Waals surface area contributed by atoms with E-state index in [-0.39, 0.29) is 16.6 Å². The van der Waals surface area contributed by atoms with Crippen molar-refractivity contribution in [2.45, 2.75) is 17.9 Å². The van der Waals surface area contributed by atoms with Crippen molar-refractivity contribution in [2.75, 3.05) is 23.8 Å². The highest BCUT2D eigenvalue weighted by atomic mass is 32.2. The van der Waals surface area contributed by atoms with Crippen molar-refractivity contribution in [3.8, 4) is 0 Å². The zero-order chi connectivity index (χ0) is 13.3. The van der Waals surface area contributed by atoms with Crippen LogP contribution in [0.15, 0.2) is 23.1 Å². The molecule has 2 N–H and O–H groups in total. The first kappa shape index (κ1) is 13.6. The van der Waals surface area contributed by atoms with E-state index >= 15 is 0 Å². The lowest BCUT2D eigenvalue weighted by Gasteiger charge is -2.32. The van der Waals surface area contributed by atoms with Gasteiger partial charge in [-0.15, -0.1) is 0 Å². The van der Waals surface area contributed by atoms with Crippen LogP contribution in [0.5, 0.6) is 0 Å². The Morgan fingerprint density at radius 1 is 1.50 bits per heavy atom. The van der Waals surface area contributed by atoms with Crippen molar-refractivity contribution in [2.24, 2.45) is 0 Å². The van der Waals surface area contributed by atoms with Crippen LogP contribution in [0.1, 0.15) is 6.92 Å². The van der Waals surface area contributed by atoms with Crippen molar-refractivity contribution in [1.82, 2.24) is 4.31 Å². The van der Waals surface area contributed by atoms with Crippen LogP contribution in [-0.2, 0) is 10.0 Å². The van der Waals surface area contributed by atoms with Gasteiger partial charge in [-0.2, -0.15) is 16.1 Å². The minimum Gasteiger partial charge on any atom is -0.399 e. The summed E-state index contributed by atoms with van der Waals surface area (Å²) in [6.45, 7) is 2.23. The van der Waals surface area contributed by atoms with E-state index in [1.165, 1.54) is 16.4 Å². The Kier molecular flexibility index (Phi) is 3.84. The highest BCUT2D eigenvalue weighted by molar-refractivity contribution is 7.99. The third kappa shape index (κ3) is 2.48. The zero-order valence-corrected chi connectivity index (χ0v) is 11.6. The number of thioether (sulfide) groups is 1. The van der Waals surface area contributed by atoms with Crippen LogP contribution in [-0.4, -0.2) is 36.8 Å². The van der Waals surface area contributed by atoms with Crippen LogP contribution >= 0.6 is 11.8 Å². The first-order valence-electron chi connectivity index (χ1n) is 5.57. The Hall–Kier alpha value is -0.790. The van der Waals surface area contributed by atoms with Gasteiger partial charge in [0, 0.05) is 29.8 Å². The molecule has 0 aliphatic carbocycles. The minimum atomic E-state index is -3.80. The minimum absolute atomic E-state index is 0.130. The molecule has 4 nitrogen and oxygen atoms in total. The summed E-state index contributed by atoms with van der Waals surface area (Å²) in [6, 6.07) is 3.49. The summed E-state index contributed by atoms with van der Waals surface area (Å²) in [4.78, 5) is -0.332. The van der Waals surface area contributed by atoms with Crippen molar-refractivity contribution >= 4 is 27.5 Å². The van der Waals surface area contributed by atoms with Crippen LogP contribution in [0, 0.1) is 5.82 Å². The molecule has 1 saturated heterocycles. The molecule has 100 valence electrons. The fraction of sp³-hybridized carbons (Fsp3) is 0.455. The summed E-state index contributed by atoms with van der Waals surface area (Å²) in [7, 11) is -3.80. The predicted molar refractivity (Wildman–Crippen MR) is 71.5 cm³/mol. The van der Waals surface area contributed by atoms with Gasteiger partial charge in [-0.25, -0.2) is 12.8 Å². The third-order valence-corrected chi connectivity index (χ3v) is 6.07. The highest BCUT2D eigenvalue weighted by Gasteiger charge is 2.33. The average molecular weight is 290 g/mol. The maximum absolute atomic E-state index is 13.7. The highest BCUT2D eigenvalue weighted by Crippen LogP contribution is 2.27. The van der Waals surface area contributed by atoms with Crippen molar-refractivity contribution in [3.63, 3.8) is 0 Å². The molecule has 1 aliphatic rings. The van der Waals surface area contributed by atoms with Gasteiger partial charge in [0.05, 0.1) is 0 Å². The molecule has 0 spiro atoms. The van der Waals surface area contributed by atoms with E-state index in [1.807, 2.05) is 6.92 Å². The fourth-order valence-corrected chi connectivity index (χ4v) is 4.87. The molecular formula is C11H15FN2O2S2. The van der Waals surface area contributed by atoms with E-state index in [2.05, 4.69) is 0 Å². The molecule has 2 rings (SSSR count). The monoisotopic (exact) mass is 290 g/mol. The second kappa shape index (κ2) is 5.07. The van der Waals surface area contributed by atoms with Gasteiger partial charge in [0.25, 0.3) is 0 Å². The van der Waals surface area contributed by atoms with Gasteiger partial charge in [0.15, 0.2) is 0 Å². The van der Waals surface area contributed by atoms with Crippen LogP contribution in [0.25, 0.3) is 0 Å². The second-order valence-electron chi connectivity index (χ2n) is 4.23. The molecule has 0 radical (unpaired) electrons. The molecular weight excluding hydrogens is 275 g/mol. The Balaban J connectivity index is 2.44. The van der Waals surface area contributed by atoms with Crippen LogP contribution in [0.3, 0.4) is 0 Å². The molecule has 0 amide bonds. The number of rotatable bonds is 2. The summed E-state index contributed by atoms with van der Waals surface area (Å²) in [5.74, 6) is 0.700. The normalized spacial score (nSPS) is 22.0. The Bertz CT molecular complexity index is 548. The average Bonchev–Trinajstić information content (AvgIpc) is 2.32. The van der Waals surface area contributed by atoms with Gasteiger partial charge in [0.1, 0.15) is 10.7 Å². The molecule has 7 heteroatoms. The number of benzene rings is 1. The first-order chi connectivity index (χ1) is 8.43. The Morgan fingerprint density at radius 2 is 2.22 bits per heavy atom. The molecule has 1 unspecified atom stereocenters. The van der Waals surface area contributed by atoms with E-state index in [1.54, 1.807) is 11.8 Å². The Labute approximate surface area is 110 Å². The first-order valence-corrected chi connectivity index (χ1v) is 8.17. The fourth-order valence-electron chi connectivity index (χ4n) is 1.91. The number of nitrogens with zero attached hydrogens (tertiary/aromatic N) is 1. The van der Waals surface area contributed by atoms with Crippen LogP contribution < -0.4 is 5.73 Å². The van der Waals surface area contributed by atoms with Gasteiger partial charge < -0.3 is 5.73 Å². The number of hydrogen-bond acceptors (Lipinski definition) is 4. The molecule has 1 atom stereocenters. The molecule has 18 heavy (non-hydrogen) atoms. The number of nitrogens with two attached hydrogens (primary N) is 1. The van der Waals surface area contributed by atoms with Crippen molar-refractivity contribution in [3.05, 3.63) is 24.0 Å². The van der Waals surface area contributed by atoms with Crippen molar-refractivity contribution < 1.29 is 12.8 Å². The zero-order valence-electron chi connectivity index (χ0n) is 9.97. The molecule has 1 heterocycles. The SMILES string of the molecule is CC1CSCCN1S(=O)(=O)c1cc(N)ccc1F. The van der Waals surface area contributed by atoms with Gasteiger partial charge in [-0.3, -0.25) is 0 Å². The number of sulfonamides is 1. The van der Waals surface area contributed by atoms with Crippen molar-refractivity contribution in [1.29, 1.82) is 0 Å². The molecule has 0 aromatic heterocycles. The van der Waals surface area contributed by atoms with Gasteiger partial charge in [-0.1, -0.05) is 0 Å². The summed E-state index contributed by atoms with van der Waals surface area (Å²) in [5.41, 5.74) is 5.78. The van der Waals surface area contributed by atoms with E-state index in [0.717, 1.165) is 17.6 Å². The lowest BCUT2D eigenvalue weighted by Crippen LogP contribution is -2.44. The second-order valence-corrected chi connectivity index (χ2v) is 7.24. The number of hydrogen-bond donors (Lipinski definition) is 1.